The number of rotatable bonds is 4. The first-order valence-electron chi connectivity index (χ1n) is 10.2. The van der Waals surface area contributed by atoms with Crippen LogP contribution in [0, 0.1) is 5.92 Å². The monoisotopic (exact) mass is 418 g/mol. The Morgan fingerprint density at radius 3 is 2.90 bits per heavy atom. The van der Waals surface area contributed by atoms with Crippen LogP contribution in [0.15, 0.2) is 24.3 Å². The summed E-state index contributed by atoms with van der Waals surface area (Å²) < 4.78 is 0. The quantitative estimate of drug-likeness (QED) is 0.713. The molecule has 3 amide bonds. The highest BCUT2D eigenvalue weighted by Gasteiger charge is 2.38. The van der Waals surface area contributed by atoms with Crippen molar-refractivity contribution in [2.75, 3.05) is 20.1 Å². The van der Waals surface area contributed by atoms with Crippen molar-refractivity contribution in [1.29, 1.82) is 0 Å². The van der Waals surface area contributed by atoms with Gasteiger partial charge in [-0.15, -0.1) is 0 Å². The van der Waals surface area contributed by atoms with Crippen LogP contribution in [0.4, 0.5) is 4.79 Å². The first-order chi connectivity index (χ1) is 13.9. The molecule has 2 aromatic rings. The van der Waals surface area contributed by atoms with Crippen molar-refractivity contribution in [1.82, 2.24) is 20.1 Å². The van der Waals surface area contributed by atoms with E-state index in [-0.39, 0.29) is 30.0 Å². The number of aliphatic hydroxyl groups is 1. The lowest BCUT2D eigenvalue weighted by molar-refractivity contribution is -0.144. The van der Waals surface area contributed by atoms with Gasteiger partial charge in [0.25, 0.3) is 0 Å². The van der Waals surface area contributed by atoms with Crippen molar-refractivity contribution in [3.63, 3.8) is 0 Å². The molecule has 1 saturated carbocycles. The molecule has 2 heterocycles. The zero-order chi connectivity index (χ0) is 20.5. The number of aromatic amines is 1. The Hall–Kier alpha value is -2.25. The van der Waals surface area contributed by atoms with Gasteiger partial charge >= 0.3 is 6.03 Å². The van der Waals surface area contributed by atoms with Gasteiger partial charge in [0.15, 0.2) is 0 Å². The summed E-state index contributed by atoms with van der Waals surface area (Å²) in [6, 6.07) is 7.47. The second-order valence-corrected chi connectivity index (χ2v) is 8.63. The van der Waals surface area contributed by atoms with E-state index >= 15 is 0 Å². The third kappa shape index (κ3) is 4.36. The minimum atomic E-state index is -0.335. The lowest BCUT2D eigenvalue weighted by Crippen LogP contribution is -2.54. The maximum atomic E-state index is 12.6. The number of nitrogens with zero attached hydrogens (tertiary/aromatic N) is 2. The topological polar surface area (TPSA) is 88.7 Å². The largest absolute Gasteiger partial charge is 0.393 e. The molecule has 1 atom stereocenters. The maximum absolute atomic E-state index is 12.6. The molecule has 29 heavy (non-hydrogen) atoms. The molecule has 8 heteroatoms. The molecule has 1 aromatic heterocycles. The average molecular weight is 419 g/mol. The number of aromatic nitrogens is 1. The van der Waals surface area contributed by atoms with E-state index < -0.39 is 0 Å². The van der Waals surface area contributed by atoms with Crippen LogP contribution >= 0.6 is 11.6 Å². The van der Waals surface area contributed by atoms with E-state index in [1.54, 1.807) is 11.9 Å². The summed E-state index contributed by atoms with van der Waals surface area (Å²) in [6.07, 6.45) is 2.55. The third-order valence-corrected chi connectivity index (χ3v) is 6.34. The minimum absolute atomic E-state index is 0.000722. The van der Waals surface area contributed by atoms with E-state index in [1.165, 1.54) is 0 Å². The van der Waals surface area contributed by atoms with Crippen LogP contribution in [0.2, 0.25) is 5.02 Å². The van der Waals surface area contributed by atoms with Gasteiger partial charge in [0.1, 0.15) is 0 Å². The lowest BCUT2D eigenvalue weighted by Gasteiger charge is -2.41. The van der Waals surface area contributed by atoms with Gasteiger partial charge in [-0.05, 0) is 49.9 Å². The summed E-state index contributed by atoms with van der Waals surface area (Å²) in [6.45, 7) is 1.68. The van der Waals surface area contributed by atoms with Crippen molar-refractivity contribution < 1.29 is 14.7 Å². The SMILES string of the molecule is CN(C(=O)NCc1cc2cc(Cl)ccc2[nH]1)[C@@H]1CCCN(C(=O)C2CC(O)C2)C1. The molecule has 1 saturated heterocycles. The number of H-pyrrole nitrogens is 1. The second-order valence-electron chi connectivity index (χ2n) is 8.20. The molecule has 1 aliphatic carbocycles. The first kappa shape index (κ1) is 20.0. The highest BCUT2D eigenvalue weighted by atomic mass is 35.5. The van der Waals surface area contributed by atoms with Gasteiger partial charge in [-0.1, -0.05) is 11.6 Å². The van der Waals surface area contributed by atoms with E-state index in [9.17, 15) is 14.7 Å². The molecule has 4 rings (SSSR count). The van der Waals surface area contributed by atoms with E-state index in [1.807, 2.05) is 29.2 Å². The minimum Gasteiger partial charge on any atom is -0.393 e. The van der Waals surface area contributed by atoms with Gasteiger partial charge in [0, 0.05) is 47.7 Å². The van der Waals surface area contributed by atoms with E-state index in [4.69, 9.17) is 11.6 Å². The summed E-state index contributed by atoms with van der Waals surface area (Å²) in [7, 11) is 1.78. The van der Waals surface area contributed by atoms with Crippen LogP contribution in [-0.2, 0) is 11.3 Å². The summed E-state index contributed by atoms with van der Waals surface area (Å²) in [5, 5.41) is 14.1. The first-order valence-corrected chi connectivity index (χ1v) is 10.5. The maximum Gasteiger partial charge on any atom is 0.317 e. The van der Waals surface area contributed by atoms with Crippen molar-refractivity contribution >= 4 is 34.4 Å². The zero-order valence-electron chi connectivity index (χ0n) is 16.5. The van der Waals surface area contributed by atoms with Crippen molar-refractivity contribution in [2.24, 2.45) is 5.92 Å². The van der Waals surface area contributed by atoms with E-state index in [2.05, 4.69) is 10.3 Å². The predicted molar refractivity (Wildman–Crippen MR) is 112 cm³/mol. The number of carbonyl (C=O) groups excluding carboxylic acids is 2. The molecule has 0 radical (unpaired) electrons. The predicted octanol–water partition coefficient (Wildman–Crippen LogP) is 2.72. The molecule has 0 bridgehead atoms. The molecule has 2 fully saturated rings. The van der Waals surface area contributed by atoms with Crippen molar-refractivity contribution in [3.8, 4) is 0 Å². The number of benzene rings is 1. The zero-order valence-corrected chi connectivity index (χ0v) is 17.3. The van der Waals surface area contributed by atoms with Crippen LogP contribution in [-0.4, -0.2) is 64.1 Å². The number of urea groups is 1. The fourth-order valence-corrected chi connectivity index (χ4v) is 4.42. The van der Waals surface area contributed by atoms with Crippen LogP contribution < -0.4 is 5.32 Å². The van der Waals surface area contributed by atoms with Gasteiger partial charge < -0.3 is 25.2 Å². The van der Waals surface area contributed by atoms with Gasteiger partial charge in [0.2, 0.25) is 5.91 Å². The number of piperidine rings is 1. The molecular weight excluding hydrogens is 392 g/mol. The Kier molecular flexibility index (Phi) is 5.69. The Balaban J connectivity index is 1.31. The fourth-order valence-electron chi connectivity index (χ4n) is 4.24. The molecule has 156 valence electrons. The Bertz CT molecular complexity index is 908. The third-order valence-electron chi connectivity index (χ3n) is 6.11. The molecule has 1 aromatic carbocycles. The number of hydrogen-bond donors (Lipinski definition) is 3. The second kappa shape index (κ2) is 8.24. The van der Waals surface area contributed by atoms with Gasteiger partial charge in [0.05, 0.1) is 18.7 Å². The smallest absolute Gasteiger partial charge is 0.317 e. The summed E-state index contributed by atoms with van der Waals surface area (Å²) in [5.41, 5.74) is 1.89. The highest BCUT2D eigenvalue weighted by molar-refractivity contribution is 6.31. The standard InChI is InChI=1S/C21H27ClN4O3/c1-25(17-3-2-6-26(12-17)20(28)14-9-18(27)10-14)21(29)23-11-16-8-13-7-15(22)4-5-19(13)24-16/h4-5,7-8,14,17-18,24,27H,2-3,6,9-12H2,1H3,(H,23,29)/t14?,17-,18?/m1/s1. The number of nitrogens with one attached hydrogen (secondary N) is 2. The van der Waals surface area contributed by atoms with Crippen LogP contribution in [0.25, 0.3) is 10.9 Å². The molecule has 1 aliphatic heterocycles. The van der Waals surface area contributed by atoms with Gasteiger partial charge in [-0.3, -0.25) is 4.79 Å². The Morgan fingerprint density at radius 2 is 2.14 bits per heavy atom. The summed E-state index contributed by atoms with van der Waals surface area (Å²) in [4.78, 5) is 32.1. The Morgan fingerprint density at radius 1 is 1.34 bits per heavy atom. The van der Waals surface area contributed by atoms with Gasteiger partial charge in [-0.25, -0.2) is 4.79 Å². The number of carbonyl (C=O) groups is 2. The van der Waals surface area contributed by atoms with E-state index in [0.29, 0.717) is 31.0 Å². The fraction of sp³-hybridized carbons (Fsp3) is 0.524. The van der Waals surface area contributed by atoms with Crippen molar-refractivity contribution in [3.05, 3.63) is 35.0 Å². The number of likely N-dealkylation sites (tertiary alicyclic amines) is 1. The summed E-state index contributed by atoms with van der Waals surface area (Å²) in [5.74, 6) is 0.0592. The molecule has 0 unspecified atom stereocenters. The van der Waals surface area contributed by atoms with Crippen LogP contribution in [0.5, 0.6) is 0 Å². The van der Waals surface area contributed by atoms with E-state index in [0.717, 1.165) is 36.0 Å². The van der Waals surface area contributed by atoms with Crippen LogP contribution in [0.1, 0.15) is 31.4 Å². The van der Waals surface area contributed by atoms with Crippen LogP contribution in [0.3, 0.4) is 0 Å². The molecule has 7 nitrogen and oxygen atoms in total. The lowest BCUT2D eigenvalue weighted by atomic mass is 9.81. The molecule has 0 spiro atoms. The van der Waals surface area contributed by atoms with Gasteiger partial charge in [-0.2, -0.15) is 0 Å². The summed E-state index contributed by atoms with van der Waals surface area (Å²) >= 11 is 6.03. The molecule has 3 N–H and O–H groups in total. The average Bonchev–Trinajstić information content (AvgIpc) is 3.10. The molecule has 2 aliphatic rings. The number of aliphatic hydroxyl groups excluding tert-OH is 1. The normalized spacial score (nSPS) is 24.2. The number of likely N-dealkylation sites (N-methyl/N-ethyl adjacent to an activating group) is 1. The number of halogens is 1. The molecular formula is C21H27ClN4O3. The van der Waals surface area contributed by atoms with Crippen molar-refractivity contribution in [2.45, 2.75) is 44.4 Å². The Labute approximate surface area is 175 Å². The highest BCUT2D eigenvalue weighted by Crippen LogP contribution is 2.30. The number of fused-ring (bicyclic) bond motifs is 1. The number of hydrogen-bond acceptors (Lipinski definition) is 3. The number of amides is 3.